The average Bonchev–Trinajstić information content (AvgIpc) is 3.37. The van der Waals surface area contributed by atoms with Crippen LogP contribution in [0.4, 0.5) is 0 Å². The number of pyridine rings is 4. The van der Waals surface area contributed by atoms with Crippen molar-refractivity contribution in [3.05, 3.63) is 203 Å². The van der Waals surface area contributed by atoms with Gasteiger partial charge < -0.3 is 20.1 Å². The number of amides is 4. The number of hydroxylamine groups is 2. The largest absolute Gasteiger partial charge is 0.489 e. The summed E-state index contributed by atoms with van der Waals surface area (Å²) in [6, 6.07) is 40.7. The van der Waals surface area contributed by atoms with Crippen molar-refractivity contribution in [2.24, 2.45) is 0 Å². The van der Waals surface area contributed by atoms with Crippen molar-refractivity contribution in [2.45, 2.75) is 52.0 Å². The van der Waals surface area contributed by atoms with Crippen LogP contribution in [0, 0.1) is 13.8 Å². The van der Waals surface area contributed by atoms with E-state index in [0.717, 1.165) is 44.3 Å². The van der Waals surface area contributed by atoms with Gasteiger partial charge in [-0.25, -0.2) is 11.0 Å². The van der Waals surface area contributed by atoms with Crippen LogP contribution in [0.15, 0.2) is 158 Å². The Morgan fingerprint density at radius 3 is 1.51 bits per heavy atom. The monoisotopic (exact) mass is 912 g/mol. The lowest BCUT2D eigenvalue weighted by Crippen LogP contribution is -2.33. The van der Waals surface area contributed by atoms with Gasteiger partial charge >= 0.3 is 0 Å². The molecule has 2 unspecified atom stereocenters. The highest BCUT2D eigenvalue weighted by Crippen LogP contribution is 2.24. The molecule has 0 spiro atoms. The van der Waals surface area contributed by atoms with Crippen molar-refractivity contribution in [3.8, 4) is 11.5 Å². The molecule has 0 saturated heterocycles. The summed E-state index contributed by atoms with van der Waals surface area (Å²) < 4.78 is 11.9. The van der Waals surface area contributed by atoms with E-state index in [2.05, 4.69) is 30.6 Å². The number of nitrogens with zero attached hydrogens (tertiary/aromatic N) is 4. The molecule has 0 radical (unpaired) electrons. The molecule has 4 amide bonds. The average molecular weight is 913 g/mol. The fourth-order valence-corrected chi connectivity index (χ4v) is 7.35. The van der Waals surface area contributed by atoms with Crippen molar-refractivity contribution in [1.29, 1.82) is 0 Å². The van der Waals surface area contributed by atoms with Gasteiger partial charge in [-0.15, -0.1) is 0 Å². The second kappa shape index (κ2) is 23.0. The predicted molar refractivity (Wildman–Crippen MR) is 252 cm³/mol. The molecule has 4 heterocycles. The Kier molecular flexibility index (Phi) is 16.0. The van der Waals surface area contributed by atoms with Crippen molar-refractivity contribution in [3.63, 3.8) is 0 Å². The molecule has 16 heteroatoms. The van der Waals surface area contributed by atoms with Crippen LogP contribution >= 0.6 is 0 Å². The van der Waals surface area contributed by atoms with Gasteiger partial charge in [-0.3, -0.25) is 49.5 Å². The van der Waals surface area contributed by atoms with Crippen LogP contribution in [0.5, 0.6) is 11.5 Å². The molecule has 4 aromatic heterocycles. The molecule has 68 heavy (non-hydrogen) atoms. The Hall–Kier alpha value is -8.60. The third kappa shape index (κ3) is 12.8. The van der Waals surface area contributed by atoms with Crippen LogP contribution in [-0.2, 0) is 22.8 Å². The molecule has 0 aliphatic heterocycles. The summed E-state index contributed by atoms with van der Waals surface area (Å²) in [5, 5.41) is 25.4. The minimum Gasteiger partial charge on any atom is -0.489 e. The molecule has 0 fully saturated rings. The molecule has 0 bridgehead atoms. The zero-order valence-electron chi connectivity index (χ0n) is 37.1. The number of aromatic nitrogens is 4. The summed E-state index contributed by atoms with van der Waals surface area (Å²) in [5.41, 5.74) is 10.9. The molecule has 0 aliphatic carbocycles. The third-order valence-electron chi connectivity index (χ3n) is 10.7. The molecule has 6 N–H and O–H groups in total. The number of carbonyl (C=O) groups excluding carboxylic acids is 4. The van der Waals surface area contributed by atoms with Crippen LogP contribution in [0.3, 0.4) is 0 Å². The van der Waals surface area contributed by atoms with Gasteiger partial charge in [0.2, 0.25) is 11.8 Å². The van der Waals surface area contributed by atoms with Gasteiger partial charge in [0.05, 0.1) is 41.7 Å². The Morgan fingerprint density at radius 2 is 1.04 bits per heavy atom. The van der Waals surface area contributed by atoms with Crippen molar-refractivity contribution in [1.82, 2.24) is 41.5 Å². The highest BCUT2D eigenvalue weighted by atomic mass is 16.5. The van der Waals surface area contributed by atoms with Crippen LogP contribution in [0.1, 0.15) is 79.4 Å². The lowest BCUT2D eigenvalue weighted by Gasteiger charge is -2.18. The number of nitrogens with one attached hydrogen (secondary N) is 4. The lowest BCUT2D eigenvalue weighted by atomic mass is 10.0. The van der Waals surface area contributed by atoms with Crippen LogP contribution in [0.2, 0.25) is 0 Å². The second-order valence-electron chi connectivity index (χ2n) is 15.6. The maximum atomic E-state index is 12.8. The SMILES string of the molecule is Cc1cc(COc2ccc(C(=O)NC(CC(=O)NO)c3ccccn3)cc2)c2ccccc2n1.Cc1cc(COc2ccc(C(=O)NC(CC(=O)NO)c3cccnc3)cc2)c2ccccc2n1. The van der Waals surface area contributed by atoms with Gasteiger partial charge in [0.15, 0.2) is 0 Å². The Morgan fingerprint density at radius 1 is 0.559 bits per heavy atom. The molecule has 0 saturated carbocycles. The fourth-order valence-electron chi connectivity index (χ4n) is 7.35. The number of para-hydroxylation sites is 2. The highest BCUT2D eigenvalue weighted by molar-refractivity contribution is 5.95. The topological polar surface area (TPSA) is 227 Å². The maximum absolute atomic E-state index is 12.8. The first-order chi connectivity index (χ1) is 33.1. The molecule has 0 aliphatic rings. The molecule has 344 valence electrons. The van der Waals surface area contributed by atoms with E-state index < -0.39 is 23.9 Å². The number of benzene rings is 4. The highest BCUT2D eigenvalue weighted by Gasteiger charge is 2.21. The van der Waals surface area contributed by atoms with E-state index >= 15 is 0 Å². The summed E-state index contributed by atoms with van der Waals surface area (Å²) in [7, 11) is 0. The normalized spacial score (nSPS) is 11.6. The number of aryl methyl sites for hydroxylation is 2. The zero-order chi connectivity index (χ0) is 47.8. The first-order valence-electron chi connectivity index (χ1n) is 21.5. The quantitative estimate of drug-likeness (QED) is 0.0404. The minimum atomic E-state index is -0.694. The summed E-state index contributed by atoms with van der Waals surface area (Å²) >= 11 is 0. The lowest BCUT2D eigenvalue weighted by molar-refractivity contribution is -0.130. The molecule has 8 rings (SSSR count). The van der Waals surface area contributed by atoms with Gasteiger partial charge in [-0.2, -0.15) is 0 Å². The Bertz CT molecular complexity index is 2790. The van der Waals surface area contributed by atoms with Crippen molar-refractivity contribution < 1.29 is 39.1 Å². The van der Waals surface area contributed by atoms with Gasteiger partial charge in [0, 0.05) is 63.0 Å². The van der Waals surface area contributed by atoms with Crippen LogP contribution in [0.25, 0.3) is 21.8 Å². The molecule has 16 nitrogen and oxygen atoms in total. The van der Waals surface area contributed by atoms with E-state index in [-0.39, 0.29) is 24.7 Å². The number of rotatable bonds is 16. The molecular weight excluding hydrogens is 865 g/mol. The minimum absolute atomic E-state index is 0.131. The predicted octanol–water partition coefficient (Wildman–Crippen LogP) is 7.77. The van der Waals surface area contributed by atoms with E-state index in [4.69, 9.17) is 19.9 Å². The summed E-state index contributed by atoms with van der Waals surface area (Å²) in [5.74, 6) is -0.726. The van der Waals surface area contributed by atoms with E-state index in [1.807, 2.05) is 74.5 Å². The van der Waals surface area contributed by atoms with Crippen molar-refractivity contribution >= 4 is 45.4 Å². The standard InChI is InChI=1S/2C26H24N4O4/c1-17-13-20(22-6-2-3-7-23(22)28-17)16-34-21-10-8-18(9-11-21)26(32)29-24(14-25(31)30-33)19-5-4-12-27-15-19;1-17-14-19(21-6-2-3-7-22(21)28-17)16-34-20-11-9-18(10-12-20)26(32)29-24(15-25(31)30-33)23-8-4-5-13-27-23/h2-13,15,24,33H,14,16H2,1H3,(H,29,32)(H,30,31);2-14,24,33H,15-16H2,1H3,(H,29,32)(H,30,31). The molecule has 2 atom stereocenters. The number of carbonyl (C=O) groups is 4. The Balaban J connectivity index is 0.000000201. The second-order valence-corrected chi connectivity index (χ2v) is 15.6. The van der Waals surface area contributed by atoms with Gasteiger partial charge in [-0.1, -0.05) is 48.5 Å². The fraction of sp³-hybridized carbons (Fsp3) is 0.154. The number of hydrogen-bond donors (Lipinski definition) is 6. The van der Waals surface area contributed by atoms with Gasteiger partial charge in [-0.05, 0) is 110 Å². The number of hydrogen-bond acceptors (Lipinski definition) is 12. The molecule has 4 aromatic carbocycles. The van der Waals surface area contributed by atoms with Gasteiger partial charge in [0.25, 0.3) is 11.8 Å². The Labute approximate surface area is 391 Å². The van der Waals surface area contributed by atoms with Gasteiger partial charge in [0.1, 0.15) is 24.7 Å². The third-order valence-corrected chi connectivity index (χ3v) is 10.7. The summed E-state index contributed by atoms with van der Waals surface area (Å²) in [6.45, 7) is 4.64. The van der Waals surface area contributed by atoms with E-state index in [1.165, 1.54) is 0 Å². The first kappa shape index (κ1) is 47.4. The smallest absolute Gasteiger partial charge is 0.251 e. The van der Waals surface area contributed by atoms with E-state index in [1.54, 1.807) is 108 Å². The number of fused-ring (bicyclic) bond motifs is 2. The summed E-state index contributed by atoms with van der Waals surface area (Å²) in [4.78, 5) is 66.3. The number of ether oxygens (including phenoxy) is 2. The first-order valence-corrected chi connectivity index (χ1v) is 21.5. The summed E-state index contributed by atoms with van der Waals surface area (Å²) in [6.07, 6.45) is 4.46. The maximum Gasteiger partial charge on any atom is 0.251 e. The molecule has 8 aromatic rings. The van der Waals surface area contributed by atoms with E-state index in [0.29, 0.717) is 47.1 Å². The van der Waals surface area contributed by atoms with E-state index in [9.17, 15) is 19.2 Å². The molecular formula is C52H48N8O8. The van der Waals surface area contributed by atoms with Crippen LogP contribution < -0.4 is 31.1 Å². The zero-order valence-corrected chi connectivity index (χ0v) is 37.1. The van der Waals surface area contributed by atoms with Crippen LogP contribution in [-0.4, -0.2) is 54.0 Å². The van der Waals surface area contributed by atoms with Crippen molar-refractivity contribution in [2.75, 3.05) is 0 Å².